The number of carbonyl (C=O) groups excluding carboxylic acids is 1. The molecule has 2 heterocycles. The highest BCUT2D eigenvalue weighted by atomic mass is 16.6. The smallest absolute Gasteiger partial charge is 0.331 e. The lowest BCUT2D eigenvalue weighted by Crippen LogP contribution is -2.34. The molecule has 0 bridgehead atoms. The van der Waals surface area contributed by atoms with Crippen LogP contribution in [-0.2, 0) is 4.79 Å². The Labute approximate surface area is 148 Å². The van der Waals surface area contributed by atoms with E-state index in [0.717, 1.165) is 0 Å². The van der Waals surface area contributed by atoms with E-state index in [4.69, 9.17) is 9.15 Å². The maximum atomic E-state index is 12.4. The van der Waals surface area contributed by atoms with Gasteiger partial charge in [0.05, 0.1) is 5.69 Å². The molecule has 0 spiro atoms. The Morgan fingerprint density at radius 2 is 1.92 bits per heavy atom. The first kappa shape index (κ1) is 17.3. The fourth-order valence-corrected chi connectivity index (χ4v) is 2.55. The summed E-state index contributed by atoms with van der Waals surface area (Å²) in [6.07, 6.45) is 0. The van der Waals surface area contributed by atoms with E-state index in [0.29, 0.717) is 22.7 Å². The number of hydrogen-bond donors (Lipinski definition) is 3. The van der Waals surface area contributed by atoms with Crippen molar-refractivity contribution in [2.75, 3.05) is 0 Å². The van der Waals surface area contributed by atoms with Gasteiger partial charge in [0, 0.05) is 17.3 Å². The molecule has 8 heteroatoms. The van der Waals surface area contributed by atoms with E-state index in [1.165, 1.54) is 12.1 Å². The minimum absolute atomic E-state index is 0.0546. The molecule has 0 aliphatic heterocycles. The van der Waals surface area contributed by atoms with Gasteiger partial charge in [-0.3, -0.25) is 9.89 Å². The van der Waals surface area contributed by atoms with Crippen LogP contribution in [0.15, 0.2) is 46.9 Å². The fourth-order valence-electron chi connectivity index (χ4n) is 2.55. The minimum atomic E-state index is -1.25. The number of H-pyrrole nitrogens is 1. The van der Waals surface area contributed by atoms with Crippen LogP contribution in [-0.4, -0.2) is 27.2 Å². The molecular formula is C18H17N3O5. The van der Waals surface area contributed by atoms with Crippen molar-refractivity contribution in [2.24, 2.45) is 0 Å². The summed E-state index contributed by atoms with van der Waals surface area (Å²) in [4.78, 5) is 24.0. The minimum Gasteiger partial charge on any atom is -0.479 e. The third-order valence-corrected chi connectivity index (χ3v) is 3.76. The largest absolute Gasteiger partial charge is 0.479 e. The number of aromatic amines is 1. The van der Waals surface area contributed by atoms with Gasteiger partial charge in [-0.1, -0.05) is 18.2 Å². The van der Waals surface area contributed by atoms with Crippen molar-refractivity contribution in [3.63, 3.8) is 0 Å². The number of amides is 1. The van der Waals surface area contributed by atoms with Crippen molar-refractivity contribution in [3.8, 4) is 11.7 Å². The number of benzene rings is 1. The van der Waals surface area contributed by atoms with Crippen LogP contribution in [0.5, 0.6) is 11.7 Å². The van der Waals surface area contributed by atoms with Gasteiger partial charge < -0.3 is 19.6 Å². The van der Waals surface area contributed by atoms with Gasteiger partial charge in [-0.2, -0.15) is 5.10 Å². The molecule has 1 atom stereocenters. The standard InChI is InChI=1S/C18H17N3O5/c1-10-15(11(2)21-20-10)16(18(23)24)19-17(22)13-8-9-14(26-13)25-12-6-4-3-5-7-12/h3-9,16H,1-2H3,(H,19,22)(H,20,21)(H,23,24). The van der Waals surface area contributed by atoms with Crippen LogP contribution < -0.4 is 10.1 Å². The van der Waals surface area contributed by atoms with E-state index >= 15 is 0 Å². The van der Waals surface area contributed by atoms with E-state index in [9.17, 15) is 14.7 Å². The molecule has 3 rings (SSSR count). The number of aliphatic carboxylic acids is 1. The average Bonchev–Trinajstić information content (AvgIpc) is 3.20. The van der Waals surface area contributed by atoms with Gasteiger partial charge in [0.25, 0.3) is 11.9 Å². The van der Waals surface area contributed by atoms with Crippen molar-refractivity contribution in [2.45, 2.75) is 19.9 Å². The van der Waals surface area contributed by atoms with Crippen LogP contribution >= 0.6 is 0 Å². The first-order valence-electron chi connectivity index (χ1n) is 7.83. The number of carboxylic acids is 1. The summed E-state index contributed by atoms with van der Waals surface area (Å²) in [5.41, 5.74) is 1.49. The Bertz CT molecular complexity index is 910. The van der Waals surface area contributed by atoms with Crippen molar-refractivity contribution in [1.82, 2.24) is 15.5 Å². The number of aryl methyl sites for hydroxylation is 2. The summed E-state index contributed by atoms with van der Waals surface area (Å²) >= 11 is 0. The molecule has 1 aromatic carbocycles. The molecule has 1 unspecified atom stereocenters. The van der Waals surface area contributed by atoms with Crippen LogP contribution in [0.2, 0.25) is 0 Å². The summed E-state index contributed by atoms with van der Waals surface area (Å²) in [6, 6.07) is 10.6. The predicted octanol–water partition coefficient (Wildman–Crippen LogP) is 2.97. The van der Waals surface area contributed by atoms with Gasteiger partial charge in [-0.15, -0.1) is 0 Å². The van der Waals surface area contributed by atoms with Crippen molar-refractivity contribution >= 4 is 11.9 Å². The number of hydrogen-bond acceptors (Lipinski definition) is 5. The fraction of sp³-hybridized carbons (Fsp3) is 0.167. The van der Waals surface area contributed by atoms with Gasteiger partial charge in [0.15, 0.2) is 11.8 Å². The molecular weight excluding hydrogens is 338 g/mol. The first-order chi connectivity index (χ1) is 12.5. The molecule has 2 aromatic heterocycles. The number of carboxylic acid groups (broad SMARTS) is 1. The second-order valence-electron chi connectivity index (χ2n) is 5.63. The van der Waals surface area contributed by atoms with Crippen LogP contribution in [0.4, 0.5) is 0 Å². The van der Waals surface area contributed by atoms with Gasteiger partial charge >= 0.3 is 5.97 Å². The Morgan fingerprint density at radius 1 is 1.19 bits per heavy atom. The third kappa shape index (κ3) is 3.59. The van der Waals surface area contributed by atoms with E-state index in [1.54, 1.807) is 38.1 Å². The van der Waals surface area contributed by atoms with E-state index in [-0.39, 0.29) is 11.7 Å². The molecule has 134 valence electrons. The number of ether oxygens (including phenoxy) is 1. The zero-order valence-electron chi connectivity index (χ0n) is 14.1. The maximum Gasteiger partial charge on any atom is 0.331 e. The molecule has 0 aliphatic carbocycles. The lowest BCUT2D eigenvalue weighted by Gasteiger charge is -2.14. The van der Waals surface area contributed by atoms with Crippen LogP contribution in [0, 0.1) is 13.8 Å². The van der Waals surface area contributed by atoms with Crippen molar-refractivity contribution in [1.29, 1.82) is 0 Å². The molecule has 3 aromatic rings. The van der Waals surface area contributed by atoms with Crippen LogP contribution in [0.25, 0.3) is 0 Å². The van der Waals surface area contributed by atoms with E-state index < -0.39 is 17.9 Å². The normalized spacial score (nSPS) is 11.8. The second kappa shape index (κ2) is 7.14. The summed E-state index contributed by atoms with van der Waals surface area (Å²) in [5, 5.41) is 18.6. The molecule has 1 amide bonds. The second-order valence-corrected chi connectivity index (χ2v) is 5.63. The van der Waals surface area contributed by atoms with Crippen LogP contribution in [0.3, 0.4) is 0 Å². The highest BCUT2D eigenvalue weighted by molar-refractivity contribution is 5.94. The van der Waals surface area contributed by atoms with E-state index in [2.05, 4.69) is 15.5 Å². The molecule has 0 aliphatic rings. The third-order valence-electron chi connectivity index (χ3n) is 3.76. The van der Waals surface area contributed by atoms with Gasteiger partial charge in [0.1, 0.15) is 5.75 Å². The van der Waals surface area contributed by atoms with Gasteiger partial charge in [-0.05, 0) is 32.0 Å². The number of carbonyl (C=O) groups is 2. The van der Waals surface area contributed by atoms with E-state index in [1.807, 2.05) is 6.07 Å². The number of rotatable bonds is 6. The molecule has 3 N–H and O–H groups in total. The molecule has 0 fully saturated rings. The van der Waals surface area contributed by atoms with Gasteiger partial charge in [0.2, 0.25) is 0 Å². The number of para-hydroxylation sites is 1. The summed E-state index contributed by atoms with van der Waals surface area (Å²) < 4.78 is 10.9. The Hall–Kier alpha value is -3.55. The number of furan rings is 1. The van der Waals surface area contributed by atoms with Crippen molar-refractivity contribution in [3.05, 3.63) is 65.2 Å². The molecule has 8 nitrogen and oxygen atoms in total. The van der Waals surface area contributed by atoms with Gasteiger partial charge in [-0.25, -0.2) is 4.79 Å². The first-order valence-corrected chi connectivity index (χ1v) is 7.83. The zero-order chi connectivity index (χ0) is 18.7. The van der Waals surface area contributed by atoms with Crippen LogP contribution in [0.1, 0.15) is 33.5 Å². The molecule has 26 heavy (non-hydrogen) atoms. The number of nitrogens with one attached hydrogen (secondary N) is 2. The SMILES string of the molecule is Cc1n[nH]c(C)c1C(NC(=O)c1ccc(Oc2ccccc2)o1)C(=O)O. The average molecular weight is 355 g/mol. The maximum absolute atomic E-state index is 12.4. The molecule has 0 saturated heterocycles. The summed E-state index contributed by atoms with van der Waals surface area (Å²) in [6.45, 7) is 3.36. The summed E-state index contributed by atoms with van der Waals surface area (Å²) in [7, 11) is 0. The number of aromatic nitrogens is 2. The highest BCUT2D eigenvalue weighted by Gasteiger charge is 2.28. The molecule has 0 radical (unpaired) electrons. The monoisotopic (exact) mass is 355 g/mol. The highest BCUT2D eigenvalue weighted by Crippen LogP contribution is 2.25. The summed E-state index contributed by atoms with van der Waals surface area (Å²) in [5.74, 6) is -1.23. The lowest BCUT2D eigenvalue weighted by molar-refractivity contribution is -0.139. The van der Waals surface area contributed by atoms with Crippen molar-refractivity contribution < 1.29 is 23.8 Å². The predicted molar refractivity (Wildman–Crippen MR) is 91.1 cm³/mol. The lowest BCUT2D eigenvalue weighted by atomic mass is 10.0. The zero-order valence-corrected chi connectivity index (χ0v) is 14.1. The quantitative estimate of drug-likeness (QED) is 0.626. The molecule has 0 saturated carbocycles. The Morgan fingerprint density at radius 3 is 2.54 bits per heavy atom. The Kier molecular flexibility index (Phi) is 4.74. The Balaban J connectivity index is 1.76. The topological polar surface area (TPSA) is 117 Å². The number of nitrogens with zero attached hydrogens (tertiary/aromatic N) is 1.